The van der Waals surface area contributed by atoms with Crippen LogP contribution in [0.1, 0.15) is 53.4 Å². The van der Waals surface area contributed by atoms with Crippen molar-refractivity contribution < 1.29 is 4.79 Å². The molecule has 11 heavy (non-hydrogen) atoms. The summed E-state index contributed by atoms with van der Waals surface area (Å²) in [5, 5.41) is 0. The zero-order chi connectivity index (χ0) is 8.41. The van der Waals surface area contributed by atoms with E-state index in [1.807, 2.05) is 0 Å². The quantitative estimate of drug-likeness (QED) is 0.645. The van der Waals surface area contributed by atoms with Gasteiger partial charge >= 0.3 is 0 Å². The van der Waals surface area contributed by atoms with Crippen molar-refractivity contribution in [3.05, 3.63) is 0 Å². The first-order valence-corrected chi connectivity index (χ1v) is 4.12. The van der Waals surface area contributed by atoms with Crippen LogP contribution in [0, 0.1) is 0 Å². The molecule has 0 atom stereocenters. The fourth-order valence-corrected chi connectivity index (χ4v) is 0.500. The highest BCUT2D eigenvalue weighted by molar-refractivity contribution is 5.72. The number of ketones is 1. The zero-order valence-electron chi connectivity index (χ0n) is 8.44. The molecule has 0 spiro atoms. The maximum absolute atomic E-state index is 9.44. The average molecular weight is 161 g/mol. The van der Waals surface area contributed by atoms with Crippen molar-refractivity contribution >= 4 is 5.78 Å². The molecule has 2 nitrogen and oxygen atoms in total. The summed E-state index contributed by atoms with van der Waals surface area (Å²) < 4.78 is 0. The molecule has 0 fully saturated rings. The van der Waals surface area contributed by atoms with E-state index in [4.69, 9.17) is 0 Å². The van der Waals surface area contributed by atoms with Crippen LogP contribution in [0.15, 0.2) is 0 Å². The molecule has 2 heteroatoms. The summed E-state index contributed by atoms with van der Waals surface area (Å²) in [6.07, 6.45) is 5.54. The molecule has 0 aromatic carbocycles. The van der Waals surface area contributed by atoms with Gasteiger partial charge in [0.1, 0.15) is 5.78 Å². The number of Topliss-reactive ketones (excluding diaryl/α,β-unsaturated/α-hetero) is 1. The van der Waals surface area contributed by atoms with Gasteiger partial charge in [-0.15, -0.1) is 0 Å². The van der Waals surface area contributed by atoms with Crippen LogP contribution in [-0.2, 0) is 4.79 Å². The molecule has 0 saturated carbocycles. The summed E-state index contributed by atoms with van der Waals surface area (Å²) in [5.41, 5.74) is 0. The number of hydrogen-bond donors (Lipinski definition) is 1. The van der Waals surface area contributed by atoms with Gasteiger partial charge in [-0.2, -0.15) is 0 Å². The Bertz CT molecular complexity index is 64.0. The van der Waals surface area contributed by atoms with Crippen molar-refractivity contribution in [3.8, 4) is 0 Å². The summed E-state index contributed by atoms with van der Waals surface area (Å²) in [7, 11) is 0. The van der Waals surface area contributed by atoms with Crippen LogP contribution in [-0.4, -0.2) is 5.78 Å². The fourth-order valence-electron chi connectivity index (χ4n) is 0.500. The third kappa shape index (κ3) is 81.1. The van der Waals surface area contributed by atoms with E-state index in [-0.39, 0.29) is 11.9 Å². The molecule has 0 rings (SSSR count). The molecule has 0 aromatic rings. The summed E-state index contributed by atoms with van der Waals surface area (Å²) in [6, 6.07) is 0. The molecule has 70 valence electrons. The van der Waals surface area contributed by atoms with Crippen LogP contribution < -0.4 is 6.15 Å². The Labute approximate surface area is 71.0 Å². The van der Waals surface area contributed by atoms with Gasteiger partial charge in [0.15, 0.2) is 0 Å². The van der Waals surface area contributed by atoms with Gasteiger partial charge in [-0.25, -0.2) is 0 Å². The first kappa shape index (κ1) is 16.9. The molecule has 0 saturated heterocycles. The van der Waals surface area contributed by atoms with Gasteiger partial charge in [-0.3, -0.25) is 0 Å². The van der Waals surface area contributed by atoms with Gasteiger partial charge < -0.3 is 10.9 Å². The highest BCUT2D eigenvalue weighted by Crippen LogP contribution is 1.95. The van der Waals surface area contributed by atoms with Crippen molar-refractivity contribution in [1.29, 1.82) is 0 Å². The van der Waals surface area contributed by atoms with Gasteiger partial charge in [-0.1, -0.05) is 39.5 Å². The van der Waals surface area contributed by atoms with Crippen LogP contribution in [0.4, 0.5) is 0 Å². The van der Waals surface area contributed by atoms with E-state index < -0.39 is 0 Å². The van der Waals surface area contributed by atoms with Gasteiger partial charge in [0.2, 0.25) is 0 Å². The van der Waals surface area contributed by atoms with Crippen molar-refractivity contribution in [2.24, 2.45) is 0 Å². The second-order valence-corrected chi connectivity index (χ2v) is 2.62. The number of unbranched alkanes of at least 4 members (excludes halogenated alkanes) is 3. The second-order valence-electron chi connectivity index (χ2n) is 2.62. The van der Waals surface area contributed by atoms with Gasteiger partial charge in [-0.05, 0) is 13.8 Å². The normalized spacial score (nSPS) is 7.27. The summed E-state index contributed by atoms with van der Waals surface area (Å²) >= 11 is 0. The highest BCUT2D eigenvalue weighted by atomic mass is 16.1. The Morgan fingerprint density at radius 3 is 1.27 bits per heavy atom. The van der Waals surface area contributed by atoms with E-state index in [0.717, 1.165) is 0 Å². The molecule has 0 heterocycles. The molecule has 0 bridgehead atoms. The van der Waals surface area contributed by atoms with Gasteiger partial charge in [0.05, 0.1) is 0 Å². The van der Waals surface area contributed by atoms with Crippen LogP contribution in [0.5, 0.6) is 0 Å². The molecule has 0 aromatic heterocycles. The number of hydrogen-bond acceptors (Lipinski definition) is 2. The number of carbonyl (C=O) groups is 1. The lowest BCUT2D eigenvalue weighted by molar-refractivity contribution is -0.114. The van der Waals surface area contributed by atoms with Crippen LogP contribution >= 0.6 is 0 Å². The second kappa shape index (κ2) is 16.3. The molecular formula is C9H23NO. The standard InChI is InChI=1S/C6H14.C3H6O.H3N/c1-3-5-6-4-2;1-3(2)4;/h3-6H2,1-2H3;1-2H3;1H3. The molecule has 0 aliphatic heterocycles. The minimum atomic E-state index is 0. The smallest absolute Gasteiger partial charge is 0.126 e. The highest BCUT2D eigenvalue weighted by Gasteiger charge is 1.75. The Kier molecular flexibility index (Phi) is 25.1. The van der Waals surface area contributed by atoms with Crippen molar-refractivity contribution in [2.45, 2.75) is 53.4 Å². The first-order valence-electron chi connectivity index (χ1n) is 4.12. The maximum Gasteiger partial charge on any atom is 0.126 e. The molecule has 0 aliphatic carbocycles. The molecule has 0 amide bonds. The third-order valence-electron chi connectivity index (χ3n) is 0.957. The van der Waals surface area contributed by atoms with E-state index in [0.29, 0.717) is 0 Å². The molecule has 0 unspecified atom stereocenters. The van der Waals surface area contributed by atoms with Crippen LogP contribution in [0.3, 0.4) is 0 Å². The van der Waals surface area contributed by atoms with Gasteiger partial charge in [0.25, 0.3) is 0 Å². The topological polar surface area (TPSA) is 52.1 Å². The Morgan fingerprint density at radius 2 is 1.18 bits per heavy atom. The number of rotatable bonds is 3. The van der Waals surface area contributed by atoms with Crippen LogP contribution in [0.2, 0.25) is 0 Å². The summed E-state index contributed by atoms with van der Waals surface area (Å²) in [6.45, 7) is 7.52. The molecular weight excluding hydrogens is 138 g/mol. The lowest BCUT2D eigenvalue weighted by Gasteiger charge is -1.86. The molecule has 0 aliphatic rings. The van der Waals surface area contributed by atoms with E-state index in [2.05, 4.69) is 13.8 Å². The average Bonchev–Trinajstić information content (AvgIpc) is 1.82. The lowest BCUT2D eigenvalue weighted by atomic mass is 10.2. The van der Waals surface area contributed by atoms with E-state index in [9.17, 15) is 4.79 Å². The van der Waals surface area contributed by atoms with Crippen molar-refractivity contribution in [1.82, 2.24) is 6.15 Å². The van der Waals surface area contributed by atoms with E-state index in [1.54, 1.807) is 0 Å². The van der Waals surface area contributed by atoms with Crippen LogP contribution in [0.25, 0.3) is 0 Å². The predicted molar refractivity (Wildman–Crippen MR) is 51.2 cm³/mol. The summed E-state index contributed by atoms with van der Waals surface area (Å²) in [5.74, 6) is 0.167. The van der Waals surface area contributed by atoms with Gasteiger partial charge in [0, 0.05) is 0 Å². The minimum absolute atomic E-state index is 0. The third-order valence-corrected chi connectivity index (χ3v) is 0.957. The Hall–Kier alpha value is -0.370. The SMILES string of the molecule is CC(C)=O.CCCCCC.N. The zero-order valence-corrected chi connectivity index (χ0v) is 8.44. The molecule has 0 radical (unpaired) electrons. The first-order chi connectivity index (χ1) is 4.65. The largest absolute Gasteiger partial charge is 0.344 e. The maximum atomic E-state index is 9.44. The van der Waals surface area contributed by atoms with Crippen molar-refractivity contribution in [3.63, 3.8) is 0 Å². The molecule has 3 N–H and O–H groups in total. The monoisotopic (exact) mass is 161 g/mol. The Balaban J connectivity index is -0.000000114. The van der Waals surface area contributed by atoms with E-state index >= 15 is 0 Å². The lowest BCUT2D eigenvalue weighted by Crippen LogP contribution is -1.69. The Morgan fingerprint density at radius 1 is 1.00 bits per heavy atom. The van der Waals surface area contributed by atoms with E-state index in [1.165, 1.54) is 39.5 Å². The summed E-state index contributed by atoms with van der Waals surface area (Å²) in [4.78, 5) is 9.44. The fraction of sp³-hybridized carbons (Fsp3) is 0.889. The van der Waals surface area contributed by atoms with Crippen molar-refractivity contribution in [2.75, 3.05) is 0 Å². The number of carbonyl (C=O) groups excluding carboxylic acids is 1. The minimum Gasteiger partial charge on any atom is -0.344 e. The predicted octanol–water partition coefficient (Wildman–Crippen LogP) is 3.34.